The van der Waals surface area contributed by atoms with Crippen molar-refractivity contribution < 1.29 is 15.0 Å². The third kappa shape index (κ3) is 3.05. The van der Waals surface area contributed by atoms with Crippen LogP contribution < -0.4 is 5.32 Å². The van der Waals surface area contributed by atoms with Crippen molar-refractivity contribution in [2.24, 2.45) is 0 Å². The van der Waals surface area contributed by atoms with Crippen LogP contribution in [0.3, 0.4) is 0 Å². The van der Waals surface area contributed by atoms with Gasteiger partial charge < -0.3 is 15.5 Å². The molecule has 0 bridgehead atoms. The fourth-order valence-corrected chi connectivity index (χ4v) is 0.432. The van der Waals surface area contributed by atoms with Gasteiger partial charge in [-0.2, -0.15) is 0 Å². The Bertz CT molecular complexity index is 84.3. The third-order valence-corrected chi connectivity index (χ3v) is 1.06. The maximum atomic E-state index is 9.75. The summed E-state index contributed by atoms with van der Waals surface area (Å²) in [5, 5.41) is 19.5. The number of amides is 1. The largest absolute Gasteiger partial charge is 0.394 e. The van der Waals surface area contributed by atoms with Gasteiger partial charge in [0.05, 0.1) is 18.8 Å². The molecule has 0 aromatic rings. The second kappa shape index (κ2) is 4.29. The first-order chi connectivity index (χ1) is 4.22. The molecule has 3 N–H and O–H groups in total. The van der Waals surface area contributed by atoms with Crippen LogP contribution in [-0.2, 0) is 4.79 Å². The van der Waals surface area contributed by atoms with Gasteiger partial charge in [0, 0.05) is 0 Å². The molecule has 4 nitrogen and oxygen atoms in total. The molecule has 0 rings (SSSR count). The van der Waals surface area contributed by atoms with Gasteiger partial charge in [0.15, 0.2) is 0 Å². The zero-order valence-corrected chi connectivity index (χ0v) is 5.24. The molecule has 9 heavy (non-hydrogen) atoms. The second-order valence-electron chi connectivity index (χ2n) is 1.81. The summed E-state index contributed by atoms with van der Waals surface area (Å²) in [5.41, 5.74) is 0. The van der Waals surface area contributed by atoms with Crippen LogP contribution >= 0.6 is 0 Å². The second-order valence-corrected chi connectivity index (χ2v) is 1.81. The Balaban J connectivity index is 3.53. The molecular weight excluding hydrogens is 122 g/mol. The van der Waals surface area contributed by atoms with E-state index in [0.29, 0.717) is 6.41 Å². The molecule has 0 aliphatic rings. The van der Waals surface area contributed by atoms with Crippen LogP contribution in [0.1, 0.15) is 6.92 Å². The van der Waals surface area contributed by atoms with Gasteiger partial charge in [0.2, 0.25) is 6.41 Å². The Labute approximate surface area is 53.5 Å². The Kier molecular flexibility index (Phi) is 4.00. The zero-order chi connectivity index (χ0) is 7.28. The van der Waals surface area contributed by atoms with E-state index in [2.05, 4.69) is 5.32 Å². The SMILES string of the molecule is CC(O)[C@@H](CO)NC=O. The molecule has 0 aromatic heterocycles. The van der Waals surface area contributed by atoms with E-state index in [1.54, 1.807) is 0 Å². The van der Waals surface area contributed by atoms with Gasteiger partial charge in [-0.05, 0) is 6.92 Å². The van der Waals surface area contributed by atoms with E-state index in [-0.39, 0.29) is 6.61 Å². The Morgan fingerprint density at radius 2 is 2.33 bits per heavy atom. The fraction of sp³-hybridized carbons (Fsp3) is 0.800. The van der Waals surface area contributed by atoms with E-state index in [1.807, 2.05) is 0 Å². The van der Waals surface area contributed by atoms with Gasteiger partial charge in [-0.25, -0.2) is 0 Å². The molecule has 0 aliphatic heterocycles. The van der Waals surface area contributed by atoms with Crippen molar-refractivity contribution in [2.75, 3.05) is 6.61 Å². The molecule has 1 amide bonds. The standard InChI is InChI=1S/C5H11NO3/c1-4(9)5(2-7)6-3-8/h3-5,7,9H,2H2,1H3,(H,6,8)/t4?,5-/m1/s1. The van der Waals surface area contributed by atoms with Crippen LogP contribution in [-0.4, -0.2) is 35.4 Å². The highest BCUT2D eigenvalue weighted by Crippen LogP contribution is 1.87. The smallest absolute Gasteiger partial charge is 0.207 e. The average molecular weight is 133 g/mol. The Morgan fingerprint density at radius 1 is 1.78 bits per heavy atom. The number of hydrogen-bond donors (Lipinski definition) is 3. The van der Waals surface area contributed by atoms with Crippen LogP contribution in [0.2, 0.25) is 0 Å². The summed E-state index contributed by atoms with van der Waals surface area (Å²) in [5.74, 6) is 0. The lowest BCUT2D eigenvalue weighted by Gasteiger charge is -2.14. The lowest BCUT2D eigenvalue weighted by atomic mass is 10.2. The number of aliphatic hydroxyl groups is 2. The predicted molar refractivity (Wildman–Crippen MR) is 31.8 cm³/mol. The minimum Gasteiger partial charge on any atom is -0.394 e. The first-order valence-electron chi connectivity index (χ1n) is 2.71. The summed E-state index contributed by atoms with van der Waals surface area (Å²) in [6, 6.07) is -0.539. The lowest BCUT2D eigenvalue weighted by molar-refractivity contribution is -0.111. The van der Waals surface area contributed by atoms with Gasteiger partial charge in [-0.3, -0.25) is 4.79 Å². The highest BCUT2D eigenvalue weighted by molar-refractivity contribution is 5.46. The van der Waals surface area contributed by atoms with Crippen LogP contribution in [0.5, 0.6) is 0 Å². The first kappa shape index (κ1) is 8.39. The number of aliphatic hydroxyl groups excluding tert-OH is 2. The normalized spacial score (nSPS) is 16.3. The topological polar surface area (TPSA) is 69.6 Å². The molecule has 0 aromatic carbocycles. The molecule has 4 heteroatoms. The molecule has 0 fully saturated rings. The van der Waals surface area contributed by atoms with E-state index in [1.165, 1.54) is 6.92 Å². The monoisotopic (exact) mass is 133 g/mol. The first-order valence-corrected chi connectivity index (χ1v) is 2.71. The van der Waals surface area contributed by atoms with E-state index < -0.39 is 12.1 Å². The summed E-state index contributed by atoms with van der Waals surface area (Å²) in [4.78, 5) is 9.75. The van der Waals surface area contributed by atoms with Crippen molar-refractivity contribution in [3.63, 3.8) is 0 Å². The molecule has 0 heterocycles. The molecule has 0 saturated heterocycles. The number of nitrogens with one attached hydrogen (secondary N) is 1. The summed E-state index contributed by atoms with van der Waals surface area (Å²) < 4.78 is 0. The van der Waals surface area contributed by atoms with Crippen molar-refractivity contribution in [2.45, 2.75) is 19.1 Å². The zero-order valence-electron chi connectivity index (χ0n) is 5.24. The van der Waals surface area contributed by atoms with Crippen molar-refractivity contribution in [1.82, 2.24) is 5.32 Å². The number of rotatable bonds is 4. The van der Waals surface area contributed by atoms with Crippen molar-refractivity contribution in [3.05, 3.63) is 0 Å². The fourth-order valence-electron chi connectivity index (χ4n) is 0.432. The van der Waals surface area contributed by atoms with Crippen molar-refractivity contribution in [3.8, 4) is 0 Å². The molecule has 1 unspecified atom stereocenters. The third-order valence-electron chi connectivity index (χ3n) is 1.06. The van der Waals surface area contributed by atoms with Gasteiger partial charge in [0.1, 0.15) is 0 Å². The van der Waals surface area contributed by atoms with Gasteiger partial charge in [0.25, 0.3) is 0 Å². The maximum absolute atomic E-state index is 9.75. The van der Waals surface area contributed by atoms with Crippen molar-refractivity contribution >= 4 is 6.41 Å². The summed E-state index contributed by atoms with van der Waals surface area (Å²) >= 11 is 0. The van der Waals surface area contributed by atoms with E-state index in [0.717, 1.165) is 0 Å². The molecule has 54 valence electrons. The predicted octanol–water partition coefficient (Wildman–Crippen LogP) is -1.53. The van der Waals surface area contributed by atoms with Crippen molar-refractivity contribution in [1.29, 1.82) is 0 Å². The van der Waals surface area contributed by atoms with E-state index in [9.17, 15) is 4.79 Å². The minimum atomic E-state index is -0.708. The van der Waals surface area contributed by atoms with Gasteiger partial charge in [-0.15, -0.1) is 0 Å². The highest BCUT2D eigenvalue weighted by atomic mass is 16.3. The van der Waals surface area contributed by atoms with Crippen LogP contribution in [0, 0.1) is 0 Å². The van der Waals surface area contributed by atoms with E-state index >= 15 is 0 Å². The van der Waals surface area contributed by atoms with E-state index in [4.69, 9.17) is 10.2 Å². The Morgan fingerprint density at radius 3 is 2.44 bits per heavy atom. The summed E-state index contributed by atoms with van der Waals surface area (Å²) in [6.07, 6.45) is -0.256. The highest BCUT2D eigenvalue weighted by Gasteiger charge is 2.10. The van der Waals surface area contributed by atoms with Gasteiger partial charge in [-0.1, -0.05) is 0 Å². The molecule has 0 spiro atoms. The van der Waals surface area contributed by atoms with Gasteiger partial charge >= 0.3 is 0 Å². The molecule has 2 atom stereocenters. The van der Waals surface area contributed by atoms with Crippen LogP contribution in [0.4, 0.5) is 0 Å². The number of hydrogen-bond acceptors (Lipinski definition) is 3. The molecular formula is C5H11NO3. The minimum absolute atomic E-state index is 0.240. The maximum Gasteiger partial charge on any atom is 0.207 e. The molecule has 0 radical (unpaired) electrons. The summed E-state index contributed by atoms with van der Waals surface area (Å²) in [7, 11) is 0. The molecule has 0 aliphatic carbocycles. The Hall–Kier alpha value is -0.610. The van der Waals surface area contributed by atoms with Crippen LogP contribution in [0.15, 0.2) is 0 Å². The number of carbonyl (C=O) groups is 1. The molecule has 0 saturated carbocycles. The average Bonchev–Trinajstić information content (AvgIpc) is 1.82. The van der Waals surface area contributed by atoms with Crippen LogP contribution in [0.25, 0.3) is 0 Å². The number of carbonyl (C=O) groups excluding carboxylic acids is 1. The lowest BCUT2D eigenvalue weighted by Crippen LogP contribution is -2.40. The summed E-state index contributed by atoms with van der Waals surface area (Å²) in [6.45, 7) is 1.26. The quantitative estimate of drug-likeness (QED) is 0.408.